The third kappa shape index (κ3) is 3.15. The predicted molar refractivity (Wildman–Crippen MR) is 125 cm³/mol. The van der Waals surface area contributed by atoms with Gasteiger partial charge in [0.05, 0.1) is 12.2 Å². The molecule has 0 bridgehead atoms. The van der Waals surface area contributed by atoms with Crippen LogP contribution in [-0.2, 0) is 16.2 Å². The van der Waals surface area contributed by atoms with Gasteiger partial charge < -0.3 is 9.80 Å². The molecule has 4 nitrogen and oxygen atoms in total. The number of rotatable bonds is 3. The standard InChI is InChI=1S/C26H24N2O2S/c1-18-7-11-20(12-8-18)17-27-23-6-4-3-5-22(23)26(25(27)30)28(15-16-31-26)24(29)21-13-9-19(2)10-14-21/h3-14H,15-17H2,1-2H3. The van der Waals surface area contributed by atoms with Gasteiger partial charge in [0.15, 0.2) is 4.87 Å². The van der Waals surface area contributed by atoms with Gasteiger partial charge in [-0.3, -0.25) is 9.59 Å². The van der Waals surface area contributed by atoms with E-state index in [9.17, 15) is 9.59 Å². The van der Waals surface area contributed by atoms with Crippen molar-refractivity contribution in [1.29, 1.82) is 0 Å². The largest absolute Gasteiger partial charge is 0.311 e. The zero-order valence-corrected chi connectivity index (χ0v) is 18.5. The van der Waals surface area contributed by atoms with Crippen LogP contribution in [0.1, 0.15) is 32.6 Å². The fourth-order valence-corrected chi connectivity index (χ4v) is 5.91. The van der Waals surface area contributed by atoms with Crippen LogP contribution < -0.4 is 4.90 Å². The normalized spacial score (nSPS) is 19.9. The van der Waals surface area contributed by atoms with Crippen molar-refractivity contribution in [2.45, 2.75) is 25.3 Å². The zero-order valence-electron chi connectivity index (χ0n) is 17.7. The van der Waals surface area contributed by atoms with Crippen LogP contribution in [-0.4, -0.2) is 29.0 Å². The Kier molecular flexibility index (Phi) is 4.86. The summed E-state index contributed by atoms with van der Waals surface area (Å²) < 4.78 is 0. The predicted octanol–water partition coefficient (Wildman–Crippen LogP) is 4.89. The maximum Gasteiger partial charge on any atom is 0.268 e. The van der Waals surface area contributed by atoms with E-state index in [1.165, 1.54) is 5.56 Å². The molecular weight excluding hydrogens is 404 g/mol. The van der Waals surface area contributed by atoms with Crippen LogP contribution in [0.3, 0.4) is 0 Å². The van der Waals surface area contributed by atoms with Crippen molar-refractivity contribution in [3.05, 3.63) is 101 Å². The number of hydrogen-bond acceptors (Lipinski definition) is 3. The van der Waals surface area contributed by atoms with Gasteiger partial charge in [0.1, 0.15) is 0 Å². The first-order valence-corrected chi connectivity index (χ1v) is 11.5. The highest BCUT2D eigenvalue weighted by Crippen LogP contribution is 2.54. The van der Waals surface area contributed by atoms with Gasteiger partial charge in [-0.05, 0) is 37.6 Å². The van der Waals surface area contributed by atoms with Gasteiger partial charge in [-0.1, -0.05) is 65.7 Å². The number of nitrogens with zero attached hydrogens (tertiary/aromatic N) is 2. The summed E-state index contributed by atoms with van der Waals surface area (Å²) in [5.74, 6) is 0.610. The monoisotopic (exact) mass is 428 g/mol. The number of hydrogen-bond donors (Lipinski definition) is 0. The van der Waals surface area contributed by atoms with Crippen molar-refractivity contribution < 1.29 is 9.59 Å². The molecule has 1 spiro atoms. The topological polar surface area (TPSA) is 40.6 Å². The summed E-state index contributed by atoms with van der Waals surface area (Å²) in [7, 11) is 0. The lowest BCUT2D eigenvalue weighted by molar-refractivity contribution is -0.123. The molecule has 0 N–H and O–H groups in total. The van der Waals surface area contributed by atoms with E-state index in [0.717, 1.165) is 28.1 Å². The molecule has 1 atom stereocenters. The van der Waals surface area contributed by atoms with Crippen molar-refractivity contribution >= 4 is 29.3 Å². The molecule has 2 aliphatic rings. The number of carbonyl (C=O) groups excluding carboxylic acids is 2. The molecule has 5 heteroatoms. The highest BCUT2D eigenvalue weighted by atomic mass is 32.2. The van der Waals surface area contributed by atoms with Crippen LogP contribution in [0.4, 0.5) is 5.69 Å². The van der Waals surface area contributed by atoms with Crippen molar-refractivity contribution in [2.75, 3.05) is 17.2 Å². The molecule has 156 valence electrons. The summed E-state index contributed by atoms with van der Waals surface area (Å²) in [6, 6.07) is 23.7. The average Bonchev–Trinajstić information content (AvgIpc) is 3.33. The molecule has 1 saturated heterocycles. The van der Waals surface area contributed by atoms with Gasteiger partial charge >= 0.3 is 0 Å². The molecule has 0 aliphatic carbocycles. The van der Waals surface area contributed by atoms with Gasteiger partial charge in [0.2, 0.25) is 0 Å². The maximum atomic E-state index is 14.0. The minimum Gasteiger partial charge on any atom is -0.311 e. The first-order chi connectivity index (χ1) is 15.0. The van der Waals surface area contributed by atoms with Crippen LogP contribution in [0.5, 0.6) is 0 Å². The Bertz CT molecular complexity index is 1160. The third-order valence-corrected chi connectivity index (χ3v) is 7.53. The van der Waals surface area contributed by atoms with Gasteiger partial charge in [-0.15, -0.1) is 11.8 Å². The SMILES string of the molecule is Cc1ccc(CN2C(=O)C3(SCCN3C(=O)c3ccc(C)cc3)c3ccccc32)cc1. The number of anilines is 1. The number of thioether (sulfide) groups is 1. The van der Waals surface area contributed by atoms with Gasteiger partial charge in [-0.2, -0.15) is 0 Å². The van der Waals surface area contributed by atoms with Gasteiger partial charge in [0, 0.05) is 23.4 Å². The first kappa shape index (κ1) is 19.9. The highest BCUT2D eigenvalue weighted by molar-refractivity contribution is 8.01. The summed E-state index contributed by atoms with van der Waals surface area (Å²) >= 11 is 1.57. The molecule has 0 aromatic heterocycles. The molecule has 2 aliphatic heterocycles. The molecule has 31 heavy (non-hydrogen) atoms. The highest BCUT2D eigenvalue weighted by Gasteiger charge is 2.59. The van der Waals surface area contributed by atoms with E-state index >= 15 is 0 Å². The molecule has 3 aromatic carbocycles. The lowest BCUT2D eigenvalue weighted by atomic mass is 10.0. The van der Waals surface area contributed by atoms with Crippen molar-refractivity contribution in [2.24, 2.45) is 0 Å². The van der Waals surface area contributed by atoms with Crippen LogP contribution >= 0.6 is 11.8 Å². The molecule has 2 heterocycles. The minimum absolute atomic E-state index is 0.0303. The van der Waals surface area contributed by atoms with Crippen LogP contribution in [0, 0.1) is 13.8 Å². The lowest BCUT2D eigenvalue weighted by Crippen LogP contribution is -2.50. The molecular formula is C26H24N2O2S. The van der Waals surface area contributed by atoms with E-state index < -0.39 is 4.87 Å². The van der Waals surface area contributed by atoms with E-state index in [1.807, 2.05) is 60.4 Å². The Morgan fingerprint density at radius 1 is 0.935 bits per heavy atom. The number of benzene rings is 3. The fraction of sp³-hybridized carbons (Fsp3) is 0.231. The van der Waals surface area contributed by atoms with Crippen molar-refractivity contribution in [1.82, 2.24) is 4.90 Å². The molecule has 3 aromatic rings. The van der Waals surface area contributed by atoms with Gasteiger partial charge in [-0.25, -0.2) is 0 Å². The third-order valence-electron chi connectivity index (χ3n) is 6.11. The number of carbonyl (C=O) groups is 2. The fourth-order valence-electron chi connectivity index (χ4n) is 4.45. The second kappa shape index (κ2) is 7.57. The van der Waals surface area contributed by atoms with Crippen LogP contribution in [0.15, 0.2) is 72.8 Å². The van der Waals surface area contributed by atoms with E-state index in [1.54, 1.807) is 16.7 Å². The Morgan fingerprint density at radius 3 is 2.29 bits per heavy atom. The maximum absolute atomic E-state index is 14.0. The Labute approximate surface area is 186 Å². The molecule has 0 saturated carbocycles. The number of aryl methyl sites for hydroxylation is 2. The number of amides is 2. The van der Waals surface area contributed by atoms with Crippen molar-refractivity contribution in [3.8, 4) is 0 Å². The average molecular weight is 429 g/mol. The van der Waals surface area contributed by atoms with E-state index in [-0.39, 0.29) is 11.8 Å². The zero-order chi connectivity index (χ0) is 21.6. The Hall–Kier alpha value is -3.05. The quantitative estimate of drug-likeness (QED) is 0.596. The van der Waals surface area contributed by atoms with Crippen LogP contribution in [0.2, 0.25) is 0 Å². The van der Waals surface area contributed by atoms with Crippen LogP contribution in [0.25, 0.3) is 0 Å². The number of fused-ring (bicyclic) bond motifs is 2. The summed E-state index contributed by atoms with van der Waals surface area (Å²) in [5.41, 5.74) is 5.79. The Morgan fingerprint density at radius 2 is 1.58 bits per heavy atom. The van der Waals surface area contributed by atoms with E-state index in [2.05, 4.69) is 31.2 Å². The molecule has 2 amide bonds. The second-order valence-electron chi connectivity index (χ2n) is 8.21. The molecule has 1 fully saturated rings. The summed E-state index contributed by atoms with van der Waals surface area (Å²) in [5, 5.41) is 0. The first-order valence-electron chi connectivity index (χ1n) is 10.5. The van der Waals surface area contributed by atoms with Crippen molar-refractivity contribution in [3.63, 3.8) is 0 Å². The summed E-state index contributed by atoms with van der Waals surface area (Å²) in [4.78, 5) is 30.1. The minimum atomic E-state index is -0.997. The number of para-hydroxylation sites is 1. The summed E-state index contributed by atoms with van der Waals surface area (Å²) in [6.07, 6.45) is 0. The summed E-state index contributed by atoms with van der Waals surface area (Å²) in [6.45, 7) is 5.10. The molecule has 0 radical (unpaired) electrons. The smallest absolute Gasteiger partial charge is 0.268 e. The van der Waals surface area contributed by atoms with Gasteiger partial charge in [0.25, 0.3) is 11.8 Å². The Balaban J connectivity index is 1.56. The van der Waals surface area contributed by atoms with E-state index in [0.29, 0.717) is 18.7 Å². The second-order valence-corrected chi connectivity index (χ2v) is 9.50. The van der Waals surface area contributed by atoms with E-state index in [4.69, 9.17) is 0 Å². The molecule has 5 rings (SSSR count). The lowest BCUT2D eigenvalue weighted by Gasteiger charge is -2.33. The molecule has 1 unspecified atom stereocenters.